The first kappa shape index (κ1) is 15.0. The van der Waals surface area contributed by atoms with Gasteiger partial charge >= 0.3 is 0 Å². The molecule has 1 N–H and O–H groups in total. The number of nitrogens with zero attached hydrogens (tertiary/aromatic N) is 1. The molecule has 2 rings (SSSR count). The number of hydrogen-bond acceptors (Lipinski definition) is 3. The number of pyridine rings is 1. The van der Waals surface area contributed by atoms with E-state index in [4.69, 9.17) is 11.6 Å². The third-order valence-corrected chi connectivity index (χ3v) is 4.49. The minimum absolute atomic E-state index is 0.00840. The second kappa shape index (κ2) is 6.83. The fourth-order valence-corrected chi connectivity index (χ4v) is 2.89. The van der Waals surface area contributed by atoms with Crippen LogP contribution in [0.15, 0.2) is 48.7 Å². The van der Waals surface area contributed by atoms with Gasteiger partial charge in [0.25, 0.3) is 0 Å². The van der Waals surface area contributed by atoms with Crippen molar-refractivity contribution in [3.05, 3.63) is 64.9 Å². The smallest absolute Gasteiger partial charge is 0.212 e. The highest BCUT2D eigenvalue weighted by Crippen LogP contribution is 2.14. The summed E-state index contributed by atoms with van der Waals surface area (Å²) >= 11 is 5.98. The van der Waals surface area contributed by atoms with E-state index in [0.717, 1.165) is 11.3 Å². The van der Waals surface area contributed by atoms with Gasteiger partial charge in [-0.1, -0.05) is 35.9 Å². The molecule has 20 heavy (non-hydrogen) atoms. The molecule has 0 saturated heterocycles. The Balaban J connectivity index is 1.90. The molecule has 0 aliphatic carbocycles. The summed E-state index contributed by atoms with van der Waals surface area (Å²) < 4.78 is 26.4. The summed E-state index contributed by atoms with van der Waals surface area (Å²) in [6.45, 7) is 0.199. The van der Waals surface area contributed by atoms with Gasteiger partial charge in [-0.25, -0.2) is 13.1 Å². The van der Waals surface area contributed by atoms with Crippen molar-refractivity contribution in [3.8, 4) is 0 Å². The first-order chi connectivity index (χ1) is 9.57. The monoisotopic (exact) mass is 310 g/mol. The van der Waals surface area contributed by atoms with Gasteiger partial charge in [0, 0.05) is 29.9 Å². The van der Waals surface area contributed by atoms with Crippen molar-refractivity contribution in [1.29, 1.82) is 0 Å². The predicted molar refractivity (Wildman–Crippen MR) is 80.0 cm³/mol. The van der Waals surface area contributed by atoms with Crippen LogP contribution in [0.5, 0.6) is 0 Å². The van der Waals surface area contributed by atoms with Crippen LogP contribution in [0.4, 0.5) is 0 Å². The summed E-state index contributed by atoms with van der Waals surface area (Å²) in [5.41, 5.74) is 1.52. The highest BCUT2D eigenvalue weighted by atomic mass is 35.5. The Hall–Kier alpha value is -1.43. The molecule has 0 aliphatic rings. The SMILES string of the molecule is O=S(=O)(CCc1ccccn1)NCc1ccccc1Cl. The fourth-order valence-electron chi connectivity index (χ4n) is 1.69. The second-order valence-corrected chi connectivity index (χ2v) is 6.64. The molecular formula is C14H15ClN2O2S. The minimum Gasteiger partial charge on any atom is -0.261 e. The largest absolute Gasteiger partial charge is 0.261 e. The lowest BCUT2D eigenvalue weighted by atomic mass is 10.2. The van der Waals surface area contributed by atoms with Crippen LogP contribution in [-0.2, 0) is 23.0 Å². The van der Waals surface area contributed by atoms with E-state index < -0.39 is 10.0 Å². The van der Waals surface area contributed by atoms with E-state index in [1.165, 1.54) is 0 Å². The highest BCUT2D eigenvalue weighted by molar-refractivity contribution is 7.89. The molecule has 1 aromatic heterocycles. The molecule has 1 heterocycles. The molecule has 0 radical (unpaired) electrons. The molecule has 0 atom stereocenters. The van der Waals surface area contributed by atoms with Crippen LogP contribution in [0, 0.1) is 0 Å². The third-order valence-electron chi connectivity index (χ3n) is 2.79. The minimum atomic E-state index is -3.34. The molecule has 6 heteroatoms. The van der Waals surface area contributed by atoms with Crippen molar-refractivity contribution in [2.45, 2.75) is 13.0 Å². The molecule has 0 unspecified atom stereocenters. The quantitative estimate of drug-likeness (QED) is 0.891. The second-order valence-electron chi connectivity index (χ2n) is 4.30. The average molecular weight is 311 g/mol. The van der Waals surface area contributed by atoms with E-state index in [1.54, 1.807) is 30.5 Å². The fraction of sp³-hybridized carbons (Fsp3) is 0.214. The van der Waals surface area contributed by atoms with Gasteiger partial charge in [-0.05, 0) is 23.8 Å². The zero-order valence-corrected chi connectivity index (χ0v) is 12.4. The van der Waals surface area contributed by atoms with Crippen molar-refractivity contribution in [3.63, 3.8) is 0 Å². The van der Waals surface area contributed by atoms with Crippen molar-refractivity contribution in [2.75, 3.05) is 5.75 Å². The maximum atomic E-state index is 11.9. The van der Waals surface area contributed by atoms with Crippen LogP contribution in [-0.4, -0.2) is 19.2 Å². The topological polar surface area (TPSA) is 59.1 Å². The van der Waals surface area contributed by atoms with E-state index in [-0.39, 0.29) is 12.3 Å². The molecule has 0 spiro atoms. The van der Waals surface area contributed by atoms with Crippen LogP contribution in [0.3, 0.4) is 0 Å². The van der Waals surface area contributed by atoms with Crippen molar-refractivity contribution in [1.82, 2.24) is 9.71 Å². The number of aryl methyl sites for hydroxylation is 1. The molecule has 0 amide bonds. The molecule has 4 nitrogen and oxygen atoms in total. The van der Waals surface area contributed by atoms with Gasteiger partial charge in [-0.2, -0.15) is 0 Å². The van der Waals surface area contributed by atoms with Crippen molar-refractivity contribution in [2.24, 2.45) is 0 Å². The van der Waals surface area contributed by atoms with Crippen molar-refractivity contribution < 1.29 is 8.42 Å². The predicted octanol–water partition coefficient (Wildman–Crippen LogP) is 2.40. The Morgan fingerprint density at radius 3 is 2.55 bits per heavy atom. The molecule has 1 aromatic carbocycles. The lowest BCUT2D eigenvalue weighted by Crippen LogP contribution is -2.27. The normalized spacial score (nSPS) is 11.4. The Morgan fingerprint density at radius 1 is 1.10 bits per heavy atom. The molecule has 106 valence electrons. The number of hydrogen-bond donors (Lipinski definition) is 1. The molecule has 0 fully saturated rings. The Morgan fingerprint density at radius 2 is 1.85 bits per heavy atom. The van der Waals surface area contributed by atoms with Gasteiger partial charge in [-0.3, -0.25) is 4.98 Å². The summed E-state index contributed by atoms with van der Waals surface area (Å²) in [4.78, 5) is 4.10. The van der Waals surface area contributed by atoms with Crippen LogP contribution in [0.1, 0.15) is 11.3 Å². The summed E-state index contributed by atoms with van der Waals surface area (Å²) in [5, 5.41) is 0.555. The zero-order valence-electron chi connectivity index (χ0n) is 10.8. The number of benzene rings is 1. The van der Waals surface area contributed by atoms with E-state index in [1.807, 2.05) is 18.2 Å². The number of sulfonamides is 1. The molecule has 0 saturated carbocycles. The maximum Gasteiger partial charge on any atom is 0.212 e. The Labute approximate surface area is 123 Å². The standard InChI is InChI=1S/C14H15ClN2O2S/c15-14-7-2-1-5-12(14)11-17-20(18,19)10-8-13-6-3-4-9-16-13/h1-7,9,17H,8,10-11H2. The van der Waals surface area contributed by atoms with Gasteiger partial charge in [0.2, 0.25) is 10.0 Å². The van der Waals surface area contributed by atoms with Gasteiger partial charge < -0.3 is 0 Å². The van der Waals surface area contributed by atoms with Gasteiger partial charge in [0.15, 0.2) is 0 Å². The summed E-state index contributed by atoms with van der Waals surface area (Å²) in [6, 6.07) is 12.6. The summed E-state index contributed by atoms with van der Waals surface area (Å²) in [6.07, 6.45) is 2.04. The number of halogens is 1. The number of rotatable bonds is 6. The molecule has 0 aliphatic heterocycles. The highest BCUT2D eigenvalue weighted by Gasteiger charge is 2.11. The number of aromatic nitrogens is 1. The van der Waals surface area contributed by atoms with Crippen LogP contribution < -0.4 is 4.72 Å². The lowest BCUT2D eigenvalue weighted by Gasteiger charge is -2.07. The molecular weight excluding hydrogens is 296 g/mol. The zero-order chi connectivity index (χ0) is 14.4. The van der Waals surface area contributed by atoms with E-state index in [0.29, 0.717) is 11.4 Å². The van der Waals surface area contributed by atoms with Crippen LogP contribution in [0.25, 0.3) is 0 Å². The number of nitrogens with one attached hydrogen (secondary N) is 1. The van der Waals surface area contributed by atoms with Crippen molar-refractivity contribution >= 4 is 21.6 Å². The summed E-state index contributed by atoms with van der Waals surface area (Å²) in [5.74, 6) is 0.00840. The Bertz CT molecular complexity index is 660. The average Bonchev–Trinajstić information content (AvgIpc) is 2.46. The van der Waals surface area contributed by atoms with Gasteiger partial charge in [0.1, 0.15) is 0 Å². The van der Waals surface area contributed by atoms with Gasteiger partial charge in [-0.15, -0.1) is 0 Å². The molecule has 2 aromatic rings. The van der Waals surface area contributed by atoms with Crippen LogP contribution in [0.2, 0.25) is 5.02 Å². The third kappa shape index (κ3) is 4.59. The maximum absolute atomic E-state index is 11.9. The Kier molecular flexibility index (Phi) is 5.11. The first-order valence-electron chi connectivity index (χ1n) is 6.17. The lowest BCUT2D eigenvalue weighted by molar-refractivity contribution is 0.580. The summed E-state index contributed by atoms with van der Waals surface area (Å²) in [7, 11) is -3.34. The van der Waals surface area contributed by atoms with E-state index in [2.05, 4.69) is 9.71 Å². The van der Waals surface area contributed by atoms with E-state index >= 15 is 0 Å². The van der Waals surface area contributed by atoms with Crippen LogP contribution >= 0.6 is 11.6 Å². The molecule has 0 bridgehead atoms. The van der Waals surface area contributed by atoms with E-state index in [9.17, 15) is 8.42 Å². The van der Waals surface area contributed by atoms with Gasteiger partial charge in [0.05, 0.1) is 5.75 Å². The first-order valence-corrected chi connectivity index (χ1v) is 8.20.